The molecule has 1 unspecified atom stereocenters. The number of H-pyrrole nitrogens is 1. The molecular formula is C16H14F3N3O3S. The summed E-state index contributed by atoms with van der Waals surface area (Å²) in [7, 11) is -1.68. The van der Waals surface area contributed by atoms with Crippen LogP contribution in [0.1, 0.15) is 11.3 Å². The van der Waals surface area contributed by atoms with Crippen molar-refractivity contribution in [3.63, 3.8) is 0 Å². The summed E-state index contributed by atoms with van der Waals surface area (Å²) in [6.45, 7) is -0.0198. The van der Waals surface area contributed by atoms with Crippen molar-refractivity contribution in [1.29, 1.82) is 0 Å². The molecule has 0 saturated carbocycles. The molecule has 6 nitrogen and oxygen atoms in total. The Morgan fingerprint density at radius 2 is 2.04 bits per heavy atom. The van der Waals surface area contributed by atoms with Crippen LogP contribution in [0, 0.1) is 12.1 Å². The van der Waals surface area contributed by atoms with Gasteiger partial charge in [-0.15, -0.1) is 0 Å². The SMILES string of the molecule is Cc1c(OCC(F)(F)F)cc[n+]([O-])c1CS(=O)c1nc2ccccc2[nH]1. The zero-order chi connectivity index (χ0) is 18.9. The number of halogens is 3. The van der Waals surface area contributed by atoms with E-state index in [9.17, 15) is 22.6 Å². The number of rotatable bonds is 5. The number of hydrogen-bond donors (Lipinski definition) is 1. The lowest BCUT2D eigenvalue weighted by Gasteiger charge is -2.13. The second kappa shape index (κ2) is 6.94. The lowest BCUT2D eigenvalue weighted by atomic mass is 10.2. The van der Waals surface area contributed by atoms with Gasteiger partial charge in [-0.05, 0) is 19.1 Å². The molecular weight excluding hydrogens is 371 g/mol. The Kier molecular flexibility index (Phi) is 4.86. The van der Waals surface area contributed by atoms with Crippen molar-refractivity contribution in [3.05, 3.63) is 53.0 Å². The van der Waals surface area contributed by atoms with Gasteiger partial charge in [0.1, 0.15) is 11.5 Å². The number of pyridine rings is 1. The highest BCUT2D eigenvalue weighted by Crippen LogP contribution is 2.24. The van der Waals surface area contributed by atoms with E-state index < -0.39 is 23.6 Å². The van der Waals surface area contributed by atoms with E-state index in [1.165, 1.54) is 6.92 Å². The second-order valence-corrected chi connectivity index (χ2v) is 6.90. The summed E-state index contributed by atoms with van der Waals surface area (Å²) in [5.74, 6) is -0.288. The lowest BCUT2D eigenvalue weighted by molar-refractivity contribution is -0.613. The first-order chi connectivity index (χ1) is 12.2. The van der Waals surface area contributed by atoms with Crippen LogP contribution in [0.5, 0.6) is 5.75 Å². The number of benzene rings is 1. The summed E-state index contributed by atoms with van der Waals surface area (Å²) in [6.07, 6.45) is -3.46. The Bertz CT molecular complexity index is 939. The summed E-state index contributed by atoms with van der Waals surface area (Å²) in [5, 5.41) is 12.2. The molecule has 2 heterocycles. The van der Waals surface area contributed by atoms with Crippen molar-refractivity contribution in [3.8, 4) is 5.75 Å². The van der Waals surface area contributed by atoms with Crippen LogP contribution in [-0.2, 0) is 16.6 Å². The first-order valence-corrected chi connectivity index (χ1v) is 8.81. The number of hydrogen-bond acceptors (Lipinski definition) is 4. The highest BCUT2D eigenvalue weighted by Gasteiger charge is 2.29. The Balaban J connectivity index is 1.85. The van der Waals surface area contributed by atoms with E-state index in [0.29, 0.717) is 15.8 Å². The molecule has 0 aliphatic carbocycles. The van der Waals surface area contributed by atoms with Crippen LogP contribution in [0.2, 0.25) is 0 Å². The van der Waals surface area contributed by atoms with Gasteiger partial charge >= 0.3 is 6.18 Å². The van der Waals surface area contributed by atoms with Crippen molar-refractivity contribution in [1.82, 2.24) is 9.97 Å². The average Bonchev–Trinajstić information content (AvgIpc) is 3.01. The maximum atomic E-state index is 12.6. The number of para-hydroxylation sites is 2. The number of imidazole rings is 1. The molecule has 138 valence electrons. The van der Waals surface area contributed by atoms with Gasteiger partial charge in [0.15, 0.2) is 18.0 Å². The van der Waals surface area contributed by atoms with Crippen molar-refractivity contribution in [2.75, 3.05) is 6.61 Å². The van der Waals surface area contributed by atoms with Crippen LogP contribution in [0.3, 0.4) is 0 Å². The number of ether oxygens (including phenoxy) is 1. The molecule has 0 saturated heterocycles. The van der Waals surface area contributed by atoms with Crippen LogP contribution in [0.25, 0.3) is 11.0 Å². The minimum atomic E-state index is -4.49. The standard InChI is InChI=1S/C16H14F3N3O3S/c1-10-13(22(23)7-6-14(10)25-9-16(17,18)19)8-26(24)15-20-11-4-2-3-5-12(11)21-15/h2-7H,8-9H2,1H3,(H,20,21). The first kappa shape index (κ1) is 18.2. The Hall–Kier alpha value is -2.62. The summed E-state index contributed by atoms with van der Waals surface area (Å²) in [4.78, 5) is 7.12. The molecule has 3 rings (SSSR count). The lowest BCUT2D eigenvalue weighted by Crippen LogP contribution is -2.33. The van der Waals surface area contributed by atoms with E-state index in [0.717, 1.165) is 12.3 Å². The third-order valence-electron chi connectivity index (χ3n) is 3.67. The third-order valence-corrected chi connectivity index (χ3v) is 4.83. The van der Waals surface area contributed by atoms with Crippen LogP contribution in [0.4, 0.5) is 13.2 Å². The fourth-order valence-electron chi connectivity index (χ4n) is 2.38. The highest BCUT2D eigenvalue weighted by molar-refractivity contribution is 7.84. The summed E-state index contributed by atoms with van der Waals surface area (Å²) in [6, 6.07) is 8.25. The van der Waals surface area contributed by atoms with E-state index in [1.54, 1.807) is 24.3 Å². The van der Waals surface area contributed by atoms with E-state index in [1.807, 2.05) is 0 Å². The fourth-order valence-corrected chi connectivity index (χ4v) is 3.53. The normalized spacial score (nSPS) is 13.1. The predicted octanol–water partition coefficient (Wildman–Crippen LogP) is 2.75. The van der Waals surface area contributed by atoms with Gasteiger partial charge in [-0.3, -0.25) is 4.21 Å². The molecule has 1 N–H and O–H groups in total. The monoisotopic (exact) mass is 385 g/mol. The Labute approximate surface area is 148 Å². The van der Waals surface area contributed by atoms with E-state index >= 15 is 0 Å². The highest BCUT2D eigenvalue weighted by atomic mass is 32.2. The molecule has 26 heavy (non-hydrogen) atoms. The molecule has 0 aliphatic rings. The molecule has 0 bridgehead atoms. The minimum absolute atomic E-state index is 0.0588. The summed E-state index contributed by atoms with van der Waals surface area (Å²) < 4.78 is 54.8. The van der Waals surface area contributed by atoms with Gasteiger partial charge in [-0.2, -0.15) is 17.9 Å². The van der Waals surface area contributed by atoms with Gasteiger partial charge < -0.3 is 14.9 Å². The van der Waals surface area contributed by atoms with Crippen LogP contribution < -0.4 is 9.47 Å². The molecule has 3 aromatic rings. The summed E-state index contributed by atoms with van der Waals surface area (Å²) >= 11 is 0. The molecule has 0 radical (unpaired) electrons. The maximum Gasteiger partial charge on any atom is 0.422 e. The quantitative estimate of drug-likeness (QED) is 0.541. The van der Waals surface area contributed by atoms with Gasteiger partial charge in [-0.1, -0.05) is 12.1 Å². The zero-order valence-electron chi connectivity index (χ0n) is 13.5. The smallest absolute Gasteiger partial charge is 0.422 e. The topological polar surface area (TPSA) is 81.9 Å². The van der Waals surface area contributed by atoms with E-state index in [-0.39, 0.29) is 27.9 Å². The fraction of sp³-hybridized carbons (Fsp3) is 0.250. The predicted molar refractivity (Wildman–Crippen MR) is 87.9 cm³/mol. The molecule has 1 atom stereocenters. The number of nitrogens with one attached hydrogen (secondary N) is 1. The molecule has 2 aromatic heterocycles. The maximum absolute atomic E-state index is 12.6. The third kappa shape index (κ3) is 3.96. The molecule has 10 heteroatoms. The number of aromatic amines is 1. The number of nitrogens with zero attached hydrogens (tertiary/aromatic N) is 2. The number of aromatic nitrogens is 3. The number of alkyl halides is 3. The summed E-state index contributed by atoms with van der Waals surface area (Å²) in [5.41, 5.74) is 1.59. The van der Waals surface area contributed by atoms with Gasteiger partial charge in [0.25, 0.3) is 0 Å². The van der Waals surface area contributed by atoms with Crippen LogP contribution in [0.15, 0.2) is 41.7 Å². The van der Waals surface area contributed by atoms with Gasteiger partial charge in [-0.25, -0.2) is 4.98 Å². The van der Waals surface area contributed by atoms with Gasteiger partial charge in [0.2, 0.25) is 5.69 Å². The van der Waals surface area contributed by atoms with E-state index in [2.05, 4.69) is 9.97 Å². The average molecular weight is 385 g/mol. The van der Waals surface area contributed by atoms with Crippen molar-refractivity contribution in [2.45, 2.75) is 24.0 Å². The van der Waals surface area contributed by atoms with Gasteiger partial charge in [0, 0.05) is 6.07 Å². The molecule has 1 aromatic carbocycles. The van der Waals surface area contributed by atoms with Gasteiger partial charge in [0.05, 0.1) is 27.4 Å². The molecule has 0 fully saturated rings. The minimum Gasteiger partial charge on any atom is -0.618 e. The van der Waals surface area contributed by atoms with E-state index in [4.69, 9.17) is 4.74 Å². The molecule has 0 spiro atoms. The largest absolute Gasteiger partial charge is 0.618 e. The number of fused-ring (bicyclic) bond motifs is 1. The van der Waals surface area contributed by atoms with Crippen LogP contribution in [-0.4, -0.2) is 27.0 Å². The Morgan fingerprint density at radius 3 is 2.73 bits per heavy atom. The van der Waals surface area contributed by atoms with Crippen molar-refractivity contribution in [2.24, 2.45) is 0 Å². The Morgan fingerprint density at radius 1 is 1.31 bits per heavy atom. The molecule has 0 aliphatic heterocycles. The zero-order valence-corrected chi connectivity index (χ0v) is 14.4. The molecule has 0 amide bonds. The first-order valence-electron chi connectivity index (χ1n) is 7.49. The van der Waals surface area contributed by atoms with Crippen molar-refractivity contribution < 1.29 is 26.8 Å². The second-order valence-electron chi connectivity index (χ2n) is 5.53. The van der Waals surface area contributed by atoms with Crippen molar-refractivity contribution >= 4 is 21.8 Å². The van der Waals surface area contributed by atoms with Crippen LogP contribution >= 0.6 is 0 Å².